The van der Waals surface area contributed by atoms with Gasteiger partial charge in [-0.25, -0.2) is 0 Å². The predicted octanol–water partition coefficient (Wildman–Crippen LogP) is 2.88. The lowest BCUT2D eigenvalue weighted by molar-refractivity contribution is -0.142. The van der Waals surface area contributed by atoms with Crippen LogP contribution in [-0.2, 0) is 25.6 Å². The van der Waals surface area contributed by atoms with E-state index in [1.165, 1.54) is 17.7 Å². The van der Waals surface area contributed by atoms with E-state index in [1.807, 2.05) is 44.3 Å². The SMILES string of the molecule is CC(=O)N[C@@H](Cc1c[nH]c2ccccc12)C(=O)N[C@H](C(=O)N1CCC[C@H]1C(=O)C(C)SS)C(C)C. The number of amides is 3. The number of rotatable bonds is 10. The first kappa shape index (κ1) is 27.1. The van der Waals surface area contributed by atoms with E-state index in [-0.39, 0.29) is 35.2 Å². The van der Waals surface area contributed by atoms with E-state index in [2.05, 4.69) is 27.3 Å². The summed E-state index contributed by atoms with van der Waals surface area (Å²) < 4.78 is 0. The van der Waals surface area contributed by atoms with Crippen molar-refractivity contribution in [3.63, 3.8) is 0 Å². The van der Waals surface area contributed by atoms with Crippen molar-refractivity contribution in [3.05, 3.63) is 36.0 Å². The first-order chi connectivity index (χ1) is 16.6. The van der Waals surface area contributed by atoms with Gasteiger partial charge in [-0.15, -0.1) is 11.7 Å². The van der Waals surface area contributed by atoms with Crippen LogP contribution in [-0.4, -0.2) is 63.3 Å². The van der Waals surface area contributed by atoms with E-state index in [4.69, 9.17) is 0 Å². The average Bonchev–Trinajstić information content (AvgIpc) is 3.47. The third-order valence-electron chi connectivity index (χ3n) is 6.45. The van der Waals surface area contributed by atoms with Crippen LogP contribution in [0.15, 0.2) is 30.5 Å². The molecule has 0 radical (unpaired) electrons. The van der Waals surface area contributed by atoms with Crippen molar-refractivity contribution in [2.45, 2.75) is 70.3 Å². The summed E-state index contributed by atoms with van der Waals surface area (Å²) in [6.07, 6.45) is 3.45. The number of hydrogen-bond donors (Lipinski definition) is 4. The zero-order valence-corrected chi connectivity index (χ0v) is 22.2. The fourth-order valence-electron chi connectivity index (χ4n) is 4.57. The number of thiol groups is 1. The molecule has 1 unspecified atom stereocenters. The first-order valence-electron chi connectivity index (χ1n) is 11.9. The Hall–Kier alpha value is -2.46. The molecule has 2 heterocycles. The Morgan fingerprint density at radius 1 is 1.17 bits per heavy atom. The zero-order valence-electron chi connectivity index (χ0n) is 20.5. The van der Waals surface area contributed by atoms with Crippen LogP contribution in [0.2, 0.25) is 0 Å². The highest BCUT2D eigenvalue weighted by Gasteiger charge is 2.40. The normalized spacial score (nSPS) is 18.3. The molecule has 8 nitrogen and oxygen atoms in total. The highest BCUT2D eigenvalue weighted by atomic mass is 33.1. The summed E-state index contributed by atoms with van der Waals surface area (Å²) in [6, 6.07) is 5.58. The van der Waals surface area contributed by atoms with Crippen LogP contribution in [0.5, 0.6) is 0 Å². The fraction of sp³-hybridized carbons (Fsp3) is 0.520. The van der Waals surface area contributed by atoms with Crippen molar-refractivity contribution in [1.82, 2.24) is 20.5 Å². The number of ketones is 1. The summed E-state index contributed by atoms with van der Waals surface area (Å²) in [7, 11) is 1.17. The van der Waals surface area contributed by atoms with Crippen molar-refractivity contribution in [3.8, 4) is 0 Å². The van der Waals surface area contributed by atoms with Gasteiger partial charge < -0.3 is 20.5 Å². The van der Waals surface area contributed by atoms with Gasteiger partial charge in [-0.3, -0.25) is 19.2 Å². The Balaban J connectivity index is 1.78. The van der Waals surface area contributed by atoms with Gasteiger partial charge >= 0.3 is 0 Å². The predicted molar refractivity (Wildman–Crippen MR) is 142 cm³/mol. The van der Waals surface area contributed by atoms with Gasteiger partial charge in [0.15, 0.2) is 5.78 Å². The lowest BCUT2D eigenvalue weighted by atomic mass is 9.99. The summed E-state index contributed by atoms with van der Waals surface area (Å²) in [6.45, 7) is 7.33. The molecular formula is C25H34N4O4S2. The van der Waals surface area contributed by atoms with Gasteiger partial charge in [-0.2, -0.15) is 0 Å². The molecule has 1 aliphatic heterocycles. The van der Waals surface area contributed by atoms with E-state index in [9.17, 15) is 19.2 Å². The molecule has 0 aliphatic carbocycles. The van der Waals surface area contributed by atoms with Crippen molar-refractivity contribution < 1.29 is 19.2 Å². The lowest BCUT2D eigenvalue weighted by Gasteiger charge is -2.32. The van der Waals surface area contributed by atoms with Gasteiger partial charge in [0, 0.05) is 37.0 Å². The number of nitrogens with one attached hydrogen (secondary N) is 3. The number of carbonyl (C=O) groups excluding carboxylic acids is 4. The second-order valence-electron chi connectivity index (χ2n) is 9.39. The van der Waals surface area contributed by atoms with Gasteiger partial charge in [0.2, 0.25) is 17.7 Å². The summed E-state index contributed by atoms with van der Waals surface area (Å²) >= 11 is 4.15. The molecule has 1 aromatic carbocycles. The number of aromatic amines is 1. The fourth-order valence-corrected chi connectivity index (χ4v) is 5.14. The summed E-state index contributed by atoms with van der Waals surface area (Å²) in [5.41, 5.74) is 1.84. The molecule has 2 aromatic rings. The number of Topliss-reactive ketones (excluding diaryl/α,β-unsaturated/α-hetero) is 1. The Kier molecular flexibility index (Phi) is 9.29. The molecule has 0 spiro atoms. The molecule has 3 amide bonds. The lowest BCUT2D eigenvalue weighted by Crippen LogP contribution is -2.58. The van der Waals surface area contributed by atoms with Gasteiger partial charge in [0.05, 0.1) is 11.3 Å². The number of aromatic nitrogens is 1. The molecule has 1 aliphatic rings. The van der Waals surface area contributed by atoms with Gasteiger partial charge in [0.25, 0.3) is 0 Å². The maximum atomic E-state index is 13.5. The highest BCUT2D eigenvalue weighted by Crippen LogP contribution is 2.26. The Labute approximate surface area is 215 Å². The summed E-state index contributed by atoms with van der Waals surface area (Å²) in [4.78, 5) is 56.4. The van der Waals surface area contributed by atoms with E-state index in [0.29, 0.717) is 13.0 Å². The van der Waals surface area contributed by atoms with Crippen LogP contribution in [0.4, 0.5) is 0 Å². The maximum absolute atomic E-state index is 13.5. The minimum atomic E-state index is -0.850. The van der Waals surface area contributed by atoms with Crippen molar-refractivity contribution >= 4 is 56.9 Å². The van der Waals surface area contributed by atoms with Crippen LogP contribution in [0.3, 0.4) is 0 Å². The minimum absolute atomic E-state index is 0.0276. The van der Waals surface area contributed by atoms with Crippen molar-refractivity contribution in [2.24, 2.45) is 5.92 Å². The van der Waals surface area contributed by atoms with E-state index >= 15 is 0 Å². The summed E-state index contributed by atoms with van der Waals surface area (Å²) in [5, 5.41) is 6.25. The number of nitrogens with zero attached hydrogens (tertiary/aromatic N) is 1. The largest absolute Gasteiger partial charge is 0.361 e. The van der Waals surface area contributed by atoms with Gasteiger partial charge in [-0.1, -0.05) is 42.8 Å². The van der Waals surface area contributed by atoms with E-state index in [0.717, 1.165) is 22.9 Å². The standard InChI is InChI=1S/C25H34N4O4S2/c1-14(2)22(25(33)29-11-7-10-21(29)23(31)15(3)35-34)28-24(32)20(27-16(4)30)12-17-13-26-19-9-6-5-8-18(17)19/h5-6,8-9,13-15,20-22,26,34H,7,10-12H2,1-4H3,(H,27,30)(H,28,32)/t15?,20-,21-,22-/m0/s1. The number of benzene rings is 1. The van der Waals surface area contributed by atoms with Crippen LogP contribution >= 0.6 is 22.5 Å². The molecule has 4 atom stereocenters. The Morgan fingerprint density at radius 2 is 1.89 bits per heavy atom. The molecule has 3 N–H and O–H groups in total. The first-order valence-corrected chi connectivity index (χ1v) is 13.8. The third-order valence-corrected chi connectivity index (χ3v) is 7.94. The number of likely N-dealkylation sites (tertiary alicyclic amines) is 1. The van der Waals surface area contributed by atoms with E-state index in [1.54, 1.807) is 11.8 Å². The number of H-pyrrole nitrogens is 1. The van der Waals surface area contributed by atoms with Gasteiger partial charge in [-0.05, 0) is 37.3 Å². The molecule has 0 saturated carbocycles. The molecule has 35 heavy (non-hydrogen) atoms. The molecular weight excluding hydrogens is 484 g/mol. The highest BCUT2D eigenvalue weighted by molar-refractivity contribution is 8.69. The molecule has 3 rings (SSSR count). The molecule has 10 heteroatoms. The van der Waals surface area contributed by atoms with Gasteiger partial charge in [0.1, 0.15) is 12.1 Å². The maximum Gasteiger partial charge on any atom is 0.246 e. The zero-order chi connectivity index (χ0) is 25.7. The molecule has 1 saturated heterocycles. The van der Waals surface area contributed by atoms with Crippen LogP contribution < -0.4 is 10.6 Å². The number of para-hydroxylation sites is 1. The average molecular weight is 519 g/mol. The van der Waals surface area contributed by atoms with Crippen LogP contribution in [0, 0.1) is 5.92 Å². The van der Waals surface area contributed by atoms with Crippen LogP contribution in [0.25, 0.3) is 10.9 Å². The topological polar surface area (TPSA) is 111 Å². The molecule has 1 aromatic heterocycles. The summed E-state index contributed by atoms with van der Waals surface area (Å²) in [5.74, 6) is -1.26. The quantitative estimate of drug-likeness (QED) is 0.286. The molecule has 0 bridgehead atoms. The monoisotopic (exact) mass is 518 g/mol. The number of fused-ring (bicyclic) bond motifs is 1. The number of carbonyl (C=O) groups is 4. The number of hydrogen-bond acceptors (Lipinski definition) is 6. The second-order valence-corrected chi connectivity index (χ2v) is 10.9. The second kappa shape index (κ2) is 12.0. The van der Waals surface area contributed by atoms with Crippen molar-refractivity contribution in [2.75, 3.05) is 6.54 Å². The van der Waals surface area contributed by atoms with E-state index < -0.39 is 24.0 Å². The minimum Gasteiger partial charge on any atom is -0.361 e. The Morgan fingerprint density at radius 3 is 2.54 bits per heavy atom. The Bertz CT molecular complexity index is 1090. The molecule has 1 fully saturated rings. The van der Waals surface area contributed by atoms with Crippen LogP contribution in [0.1, 0.15) is 46.1 Å². The smallest absolute Gasteiger partial charge is 0.246 e. The third kappa shape index (κ3) is 6.41. The van der Waals surface area contributed by atoms with Crippen molar-refractivity contribution in [1.29, 1.82) is 0 Å². The molecule has 190 valence electrons.